The summed E-state index contributed by atoms with van der Waals surface area (Å²) in [6.45, 7) is 5.95. The van der Waals surface area contributed by atoms with Crippen LogP contribution in [0.2, 0.25) is 0 Å². The fraction of sp³-hybridized carbons (Fsp3) is 0.235. The van der Waals surface area contributed by atoms with Crippen molar-refractivity contribution < 1.29 is 4.79 Å². The predicted molar refractivity (Wildman–Crippen MR) is 82.7 cm³/mol. The molecule has 0 aliphatic rings. The molecule has 1 atom stereocenters. The van der Waals surface area contributed by atoms with Gasteiger partial charge in [0.05, 0.1) is 11.6 Å². The first-order valence-electron chi connectivity index (χ1n) is 6.71. The van der Waals surface area contributed by atoms with Gasteiger partial charge < -0.3 is 11.1 Å². The maximum absolute atomic E-state index is 12.3. The Balaban J connectivity index is 2.17. The standard InChI is InChI=1S/C17H20N2O/c1-11-5-4-6-14(9-11)13(3)19-17(20)15-10-12(2)7-8-16(15)18/h4-10,13H,18H2,1-3H3,(H,19,20)/t13-/m1/s1. The van der Waals surface area contributed by atoms with Crippen molar-refractivity contribution in [1.29, 1.82) is 0 Å². The number of carbonyl (C=O) groups excluding carboxylic acids is 1. The third kappa shape index (κ3) is 3.18. The van der Waals surface area contributed by atoms with Crippen molar-refractivity contribution in [1.82, 2.24) is 5.32 Å². The Labute approximate surface area is 119 Å². The zero-order chi connectivity index (χ0) is 14.7. The molecule has 0 unspecified atom stereocenters. The summed E-state index contributed by atoms with van der Waals surface area (Å²) in [6, 6.07) is 13.5. The number of aryl methyl sites for hydroxylation is 2. The van der Waals surface area contributed by atoms with Gasteiger partial charge in [-0.3, -0.25) is 4.79 Å². The normalized spacial score (nSPS) is 11.9. The molecule has 2 rings (SSSR count). The summed E-state index contributed by atoms with van der Waals surface area (Å²) < 4.78 is 0. The first-order chi connectivity index (χ1) is 9.47. The summed E-state index contributed by atoms with van der Waals surface area (Å²) in [5.74, 6) is -0.139. The van der Waals surface area contributed by atoms with E-state index >= 15 is 0 Å². The van der Waals surface area contributed by atoms with Gasteiger partial charge in [-0.1, -0.05) is 41.5 Å². The molecule has 1 amide bonds. The Morgan fingerprint density at radius 1 is 1.10 bits per heavy atom. The van der Waals surface area contributed by atoms with E-state index < -0.39 is 0 Å². The average molecular weight is 268 g/mol. The molecule has 20 heavy (non-hydrogen) atoms. The van der Waals surface area contributed by atoms with Crippen molar-refractivity contribution in [3.8, 4) is 0 Å². The second-order valence-electron chi connectivity index (χ2n) is 5.20. The molecule has 0 bridgehead atoms. The molecule has 2 aromatic rings. The highest BCUT2D eigenvalue weighted by molar-refractivity contribution is 5.99. The van der Waals surface area contributed by atoms with E-state index in [9.17, 15) is 4.79 Å². The Hall–Kier alpha value is -2.29. The summed E-state index contributed by atoms with van der Waals surface area (Å²) in [7, 11) is 0. The molecule has 0 spiro atoms. The van der Waals surface area contributed by atoms with Gasteiger partial charge in [-0.2, -0.15) is 0 Å². The van der Waals surface area contributed by atoms with Gasteiger partial charge in [0.15, 0.2) is 0 Å². The molecule has 0 aliphatic heterocycles. The minimum atomic E-state index is -0.139. The van der Waals surface area contributed by atoms with Gasteiger partial charge in [-0.25, -0.2) is 0 Å². The Morgan fingerprint density at radius 2 is 1.80 bits per heavy atom. The third-order valence-electron chi connectivity index (χ3n) is 3.34. The molecule has 3 N–H and O–H groups in total. The van der Waals surface area contributed by atoms with E-state index in [1.54, 1.807) is 6.07 Å². The van der Waals surface area contributed by atoms with Crippen LogP contribution in [0.3, 0.4) is 0 Å². The van der Waals surface area contributed by atoms with Gasteiger partial charge >= 0.3 is 0 Å². The van der Waals surface area contributed by atoms with Crippen LogP contribution in [-0.2, 0) is 0 Å². The number of anilines is 1. The van der Waals surface area contributed by atoms with Gasteiger partial charge in [-0.15, -0.1) is 0 Å². The number of nitrogens with one attached hydrogen (secondary N) is 1. The van der Waals surface area contributed by atoms with E-state index in [0.29, 0.717) is 11.3 Å². The maximum Gasteiger partial charge on any atom is 0.253 e. The van der Waals surface area contributed by atoms with E-state index in [1.807, 2.05) is 51.1 Å². The van der Waals surface area contributed by atoms with Crippen LogP contribution in [0, 0.1) is 13.8 Å². The fourth-order valence-corrected chi connectivity index (χ4v) is 2.16. The zero-order valence-electron chi connectivity index (χ0n) is 12.1. The highest BCUT2D eigenvalue weighted by atomic mass is 16.1. The van der Waals surface area contributed by atoms with Crippen molar-refractivity contribution in [2.45, 2.75) is 26.8 Å². The number of nitrogens with two attached hydrogens (primary N) is 1. The second kappa shape index (κ2) is 5.78. The van der Waals surface area contributed by atoms with E-state index in [-0.39, 0.29) is 11.9 Å². The molecule has 0 saturated heterocycles. The van der Waals surface area contributed by atoms with Crippen LogP contribution in [-0.4, -0.2) is 5.91 Å². The number of carbonyl (C=O) groups is 1. The van der Waals surface area contributed by atoms with E-state index in [4.69, 9.17) is 5.73 Å². The first-order valence-corrected chi connectivity index (χ1v) is 6.71. The summed E-state index contributed by atoms with van der Waals surface area (Å²) in [5, 5.41) is 2.99. The number of hydrogen-bond donors (Lipinski definition) is 2. The van der Waals surface area contributed by atoms with Crippen LogP contribution < -0.4 is 11.1 Å². The summed E-state index contributed by atoms with van der Waals surface area (Å²) in [5.41, 5.74) is 10.2. The fourth-order valence-electron chi connectivity index (χ4n) is 2.16. The molecule has 0 aromatic heterocycles. The molecule has 0 heterocycles. The highest BCUT2D eigenvalue weighted by Gasteiger charge is 2.14. The minimum absolute atomic E-state index is 0.0534. The van der Waals surface area contributed by atoms with Gasteiger partial charge in [0.1, 0.15) is 0 Å². The van der Waals surface area contributed by atoms with Crippen LogP contribution >= 0.6 is 0 Å². The molecule has 0 saturated carbocycles. The van der Waals surface area contributed by atoms with Gasteiger partial charge in [0, 0.05) is 5.69 Å². The lowest BCUT2D eigenvalue weighted by Gasteiger charge is -2.16. The lowest BCUT2D eigenvalue weighted by Crippen LogP contribution is -2.27. The first kappa shape index (κ1) is 14.1. The largest absolute Gasteiger partial charge is 0.398 e. The van der Waals surface area contributed by atoms with Crippen molar-refractivity contribution in [3.05, 3.63) is 64.7 Å². The smallest absolute Gasteiger partial charge is 0.253 e. The van der Waals surface area contributed by atoms with Gasteiger partial charge in [-0.05, 0) is 38.5 Å². The number of nitrogen functional groups attached to an aromatic ring is 1. The predicted octanol–water partition coefficient (Wildman–Crippen LogP) is 3.38. The second-order valence-corrected chi connectivity index (χ2v) is 5.20. The van der Waals surface area contributed by atoms with Crippen LogP contribution in [0.4, 0.5) is 5.69 Å². The molecule has 2 aromatic carbocycles. The van der Waals surface area contributed by atoms with Gasteiger partial charge in [0.2, 0.25) is 0 Å². The Kier molecular flexibility index (Phi) is 4.08. The molecule has 3 nitrogen and oxygen atoms in total. The molecule has 3 heteroatoms. The average Bonchev–Trinajstić information content (AvgIpc) is 2.41. The zero-order valence-corrected chi connectivity index (χ0v) is 12.1. The summed E-state index contributed by atoms with van der Waals surface area (Å²) in [6.07, 6.45) is 0. The molecular weight excluding hydrogens is 248 g/mol. The number of rotatable bonds is 3. The van der Waals surface area contributed by atoms with E-state index in [2.05, 4.69) is 11.4 Å². The molecule has 0 radical (unpaired) electrons. The van der Waals surface area contributed by atoms with Gasteiger partial charge in [0.25, 0.3) is 5.91 Å². The quantitative estimate of drug-likeness (QED) is 0.838. The maximum atomic E-state index is 12.3. The molecular formula is C17H20N2O. The van der Waals surface area contributed by atoms with E-state index in [0.717, 1.165) is 11.1 Å². The molecule has 104 valence electrons. The van der Waals surface area contributed by atoms with Crippen molar-refractivity contribution >= 4 is 11.6 Å². The van der Waals surface area contributed by atoms with E-state index in [1.165, 1.54) is 5.56 Å². The number of hydrogen-bond acceptors (Lipinski definition) is 2. The van der Waals surface area contributed by atoms with Crippen LogP contribution in [0.1, 0.15) is 40.0 Å². The lowest BCUT2D eigenvalue weighted by atomic mass is 10.0. The molecule has 0 fully saturated rings. The third-order valence-corrected chi connectivity index (χ3v) is 3.34. The minimum Gasteiger partial charge on any atom is -0.398 e. The monoisotopic (exact) mass is 268 g/mol. The van der Waals surface area contributed by atoms with Crippen LogP contribution in [0.25, 0.3) is 0 Å². The number of amides is 1. The van der Waals surface area contributed by atoms with Crippen LogP contribution in [0.5, 0.6) is 0 Å². The SMILES string of the molecule is Cc1cccc([C@@H](C)NC(=O)c2cc(C)ccc2N)c1. The Morgan fingerprint density at radius 3 is 2.50 bits per heavy atom. The topological polar surface area (TPSA) is 55.1 Å². The summed E-state index contributed by atoms with van der Waals surface area (Å²) in [4.78, 5) is 12.3. The van der Waals surface area contributed by atoms with Crippen molar-refractivity contribution in [3.63, 3.8) is 0 Å². The highest BCUT2D eigenvalue weighted by Crippen LogP contribution is 2.17. The lowest BCUT2D eigenvalue weighted by molar-refractivity contribution is 0.0940. The number of benzene rings is 2. The van der Waals surface area contributed by atoms with Crippen molar-refractivity contribution in [2.24, 2.45) is 0 Å². The Bertz CT molecular complexity index is 635. The van der Waals surface area contributed by atoms with Crippen LogP contribution in [0.15, 0.2) is 42.5 Å². The molecule has 0 aliphatic carbocycles. The van der Waals surface area contributed by atoms with Crippen molar-refractivity contribution in [2.75, 3.05) is 5.73 Å². The summed E-state index contributed by atoms with van der Waals surface area (Å²) >= 11 is 0.